The van der Waals surface area contributed by atoms with E-state index in [1.54, 1.807) is 37.3 Å². The fourth-order valence-electron chi connectivity index (χ4n) is 2.44. The number of aryl methyl sites for hydroxylation is 2. The highest BCUT2D eigenvalue weighted by Gasteiger charge is 2.16. The SMILES string of the molecule is Cc1cc(C(Br)c2cc3ccc(F)cc3s2)cc(C)c1F. The number of hydrogen-bond donors (Lipinski definition) is 0. The molecule has 2 aromatic carbocycles. The average molecular weight is 367 g/mol. The summed E-state index contributed by atoms with van der Waals surface area (Å²) < 4.78 is 27.9. The Morgan fingerprint density at radius 3 is 2.33 bits per heavy atom. The van der Waals surface area contributed by atoms with E-state index in [9.17, 15) is 8.78 Å². The van der Waals surface area contributed by atoms with Crippen LogP contribution >= 0.6 is 27.3 Å². The van der Waals surface area contributed by atoms with E-state index < -0.39 is 0 Å². The van der Waals surface area contributed by atoms with Crippen molar-refractivity contribution in [3.8, 4) is 0 Å². The molecule has 1 aromatic heterocycles. The Morgan fingerprint density at radius 2 is 1.67 bits per heavy atom. The van der Waals surface area contributed by atoms with E-state index in [4.69, 9.17) is 0 Å². The van der Waals surface area contributed by atoms with Crippen molar-refractivity contribution in [1.82, 2.24) is 0 Å². The topological polar surface area (TPSA) is 0 Å². The standard InChI is InChI=1S/C17H13BrF2S/c1-9-5-12(6-10(2)17(9)20)16(18)15-7-11-3-4-13(19)8-14(11)21-15/h3-8,16H,1-2H3. The van der Waals surface area contributed by atoms with Gasteiger partial charge >= 0.3 is 0 Å². The van der Waals surface area contributed by atoms with Crippen LogP contribution in [0.4, 0.5) is 8.78 Å². The Kier molecular flexibility index (Phi) is 3.84. The molecule has 0 aliphatic rings. The Bertz CT molecular complexity index is 800. The first kappa shape index (κ1) is 14.7. The van der Waals surface area contributed by atoms with E-state index in [1.807, 2.05) is 18.2 Å². The third-order valence-electron chi connectivity index (χ3n) is 3.50. The molecule has 108 valence electrons. The number of halogens is 3. The molecule has 3 aromatic rings. The van der Waals surface area contributed by atoms with E-state index in [1.165, 1.54) is 6.07 Å². The van der Waals surface area contributed by atoms with E-state index in [0.29, 0.717) is 11.1 Å². The van der Waals surface area contributed by atoms with Crippen molar-refractivity contribution >= 4 is 37.4 Å². The van der Waals surface area contributed by atoms with E-state index in [0.717, 1.165) is 20.5 Å². The first-order valence-corrected chi connectivity index (χ1v) is 8.28. The van der Waals surface area contributed by atoms with Gasteiger partial charge in [-0.1, -0.05) is 34.1 Å². The molecule has 3 rings (SSSR count). The molecule has 1 atom stereocenters. The largest absolute Gasteiger partial charge is 0.207 e. The fraction of sp³-hybridized carbons (Fsp3) is 0.176. The van der Waals surface area contributed by atoms with Crippen LogP contribution in [-0.2, 0) is 0 Å². The highest BCUT2D eigenvalue weighted by molar-refractivity contribution is 9.09. The van der Waals surface area contributed by atoms with Gasteiger partial charge in [0.25, 0.3) is 0 Å². The number of rotatable bonds is 2. The minimum Gasteiger partial charge on any atom is -0.207 e. The van der Waals surface area contributed by atoms with Crippen LogP contribution in [0.25, 0.3) is 10.1 Å². The summed E-state index contributed by atoms with van der Waals surface area (Å²) >= 11 is 5.23. The van der Waals surface area contributed by atoms with Gasteiger partial charge < -0.3 is 0 Å². The number of fused-ring (bicyclic) bond motifs is 1. The monoisotopic (exact) mass is 366 g/mol. The zero-order valence-corrected chi connectivity index (χ0v) is 14.0. The molecule has 21 heavy (non-hydrogen) atoms. The zero-order valence-electron chi connectivity index (χ0n) is 11.6. The highest BCUT2D eigenvalue weighted by atomic mass is 79.9. The molecule has 0 radical (unpaired) electrons. The molecule has 1 heterocycles. The van der Waals surface area contributed by atoms with Gasteiger partial charge in [-0.15, -0.1) is 11.3 Å². The van der Waals surface area contributed by atoms with Crippen molar-refractivity contribution in [2.24, 2.45) is 0 Å². The van der Waals surface area contributed by atoms with E-state index in [2.05, 4.69) is 15.9 Å². The summed E-state index contributed by atoms with van der Waals surface area (Å²) in [4.78, 5) is 1.07. The lowest BCUT2D eigenvalue weighted by Gasteiger charge is -2.11. The van der Waals surface area contributed by atoms with Gasteiger partial charge in [0.05, 0.1) is 4.83 Å². The van der Waals surface area contributed by atoms with Crippen molar-refractivity contribution in [2.75, 3.05) is 0 Å². The van der Waals surface area contributed by atoms with E-state index >= 15 is 0 Å². The van der Waals surface area contributed by atoms with Crippen LogP contribution in [0.1, 0.15) is 26.4 Å². The molecule has 4 heteroatoms. The van der Waals surface area contributed by atoms with Gasteiger partial charge in [0.2, 0.25) is 0 Å². The Morgan fingerprint density at radius 1 is 1.00 bits per heavy atom. The molecule has 1 unspecified atom stereocenters. The molecule has 0 nitrogen and oxygen atoms in total. The molecular weight excluding hydrogens is 354 g/mol. The van der Waals surface area contributed by atoms with Gasteiger partial charge in [-0.05, 0) is 54.1 Å². The Labute approximate surface area is 134 Å². The minimum absolute atomic E-state index is 0.0176. The van der Waals surface area contributed by atoms with Gasteiger partial charge in [0.1, 0.15) is 11.6 Å². The molecule has 0 saturated carbocycles. The van der Waals surface area contributed by atoms with Gasteiger partial charge in [0.15, 0.2) is 0 Å². The highest BCUT2D eigenvalue weighted by Crippen LogP contribution is 2.39. The smallest absolute Gasteiger partial charge is 0.129 e. The Hall–Kier alpha value is -1.26. The quantitative estimate of drug-likeness (QED) is 0.468. The number of benzene rings is 2. The van der Waals surface area contributed by atoms with Crippen LogP contribution in [0, 0.1) is 25.5 Å². The number of hydrogen-bond acceptors (Lipinski definition) is 1. The maximum atomic E-state index is 13.7. The second kappa shape index (κ2) is 5.50. The first-order chi connectivity index (χ1) is 9.95. The molecule has 0 spiro atoms. The molecule has 0 bridgehead atoms. The Balaban J connectivity index is 2.05. The summed E-state index contributed by atoms with van der Waals surface area (Å²) in [5, 5.41) is 1.02. The van der Waals surface area contributed by atoms with Crippen molar-refractivity contribution in [3.63, 3.8) is 0 Å². The van der Waals surface area contributed by atoms with Gasteiger partial charge in [-0.3, -0.25) is 0 Å². The third kappa shape index (κ3) is 2.74. The van der Waals surface area contributed by atoms with E-state index in [-0.39, 0.29) is 16.5 Å². The number of thiophene rings is 1. The van der Waals surface area contributed by atoms with Crippen LogP contribution in [0.3, 0.4) is 0 Å². The molecule has 0 N–H and O–H groups in total. The molecule has 0 fully saturated rings. The van der Waals surface area contributed by atoms with Crippen molar-refractivity contribution in [3.05, 3.63) is 69.6 Å². The zero-order chi connectivity index (χ0) is 15.1. The summed E-state index contributed by atoms with van der Waals surface area (Å²) in [5.74, 6) is -0.382. The first-order valence-electron chi connectivity index (χ1n) is 6.55. The van der Waals surface area contributed by atoms with Crippen LogP contribution < -0.4 is 0 Å². The summed E-state index contributed by atoms with van der Waals surface area (Å²) in [5.41, 5.74) is 2.29. The molecule has 0 saturated heterocycles. The average Bonchev–Trinajstić information content (AvgIpc) is 2.86. The van der Waals surface area contributed by atoms with Crippen LogP contribution in [0.5, 0.6) is 0 Å². The fourth-order valence-corrected chi connectivity index (χ4v) is 4.21. The number of alkyl halides is 1. The normalized spacial score (nSPS) is 12.8. The summed E-state index contributed by atoms with van der Waals surface area (Å²) in [7, 11) is 0. The second-order valence-corrected chi connectivity index (χ2v) is 7.19. The van der Waals surface area contributed by atoms with Crippen LogP contribution in [-0.4, -0.2) is 0 Å². The lowest BCUT2D eigenvalue weighted by atomic mass is 10.0. The van der Waals surface area contributed by atoms with Gasteiger partial charge in [0, 0.05) is 9.58 Å². The van der Waals surface area contributed by atoms with Crippen molar-refractivity contribution in [2.45, 2.75) is 18.7 Å². The maximum Gasteiger partial charge on any atom is 0.129 e. The molecular formula is C17H13BrF2S. The molecule has 0 amide bonds. The third-order valence-corrected chi connectivity index (χ3v) is 5.99. The summed E-state index contributed by atoms with van der Waals surface area (Å²) in [6.45, 7) is 3.54. The summed E-state index contributed by atoms with van der Waals surface area (Å²) in [6.07, 6.45) is 0. The van der Waals surface area contributed by atoms with Crippen LogP contribution in [0.15, 0.2) is 36.4 Å². The molecule has 0 aliphatic heterocycles. The van der Waals surface area contributed by atoms with Gasteiger partial charge in [-0.2, -0.15) is 0 Å². The lowest BCUT2D eigenvalue weighted by molar-refractivity contribution is 0.608. The molecule has 0 aliphatic carbocycles. The van der Waals surface area contributed by atoms with Gasteiger partial charge in [-0.25, -0.2) is 8.78 Å². The lowest BCUT2D eigenvalue weighted by Crippen LogP contribution is -1.95. The minimum atomic E-state index is -0.226. The summed E-state index contributed by atoms with van der Waals surface area (Å²) in [6, 6.07) is 10.6. The van der Waals surface area contributed by atoms with Crippen molar-refractivity contribution in [1.29, 1.82) is 0 Å². The van der Waals surface area contributed by atoms with Crippen LogP contribution in [0.2, 0.25) is 0 Å². The predicted octanol–water partition coefficient (Wildman–Crippen LogP) is 6.28. The van der Waals surface area contributed by atoms with Crippen molar-refractivity contribution < 1.29 is 8.78 Å². The predicted molar refractivity (Wildman–Crippen MR) is 88.4 cm³/mol. The second-order valence-electron chi connectivity index (χ2n) is 5.16. The maximum absolute atomic E-state index is 13.7.